The molecule has 28 heavy (non-hydrogen) atoms. The SMILES string of the molecule is O=C1c2oc3ccccc3c(=O)c2[C@@H](c2ccc(F)cc2)N1C[C@@H]1CCCO1. The van der Waals surface area contributed by atoms with E-state index in [0.717, 1.165) is 12.8 Å². The second-order valence-corrected chi connectivity index (χ2v) is 7.22. The Bertz CT molecular complexity index is 1120. The highest BCUT2D eigenvalue weighted by Crippen LogP contribution is 2.38. The molecule has 0 unspecified atom stereocenters. The number of nitrogens with zero attached hydrogens (tertiary/aromatic N) is 1. The van der Waals surface area contributed by atoms with Gasteiger partial charge in [0.05, 0.1) is 23.1 Å². The van der Waals surface area contributed by atoms with E-state index < -0.39 is 6.04 Å². The van der Waals surface area contributed by atoms with Gasteiger partial charge in [0.15, 0.2) is 5.43 Å². The van der Waals surface area contributed by atoms with Crippen molar-refractivity contribution in [1.82, 2.24) is 4.90 Å². The fourth-order valence-corrected chi connectivity index (χ4v) is 4.15. The molecule has 0 radical (unpaired) electrons. The summed E-state index contributed by atoms with van der Waals surface area (Å²) in [7, 11) is 0. The highest BCUT2D eigenvalue weighted by atomic mass is 19.1. The van der Waals surface area contributed by atoms with Gasteiger partial charge in [-0.05, 0) is 42.7 Å². The molecule has 2 aliphatic rings. The average molecular weight is 379 g/mol. The van der Waals surface area contributed by atoms with Crippen LogP contribution >= 0.6 is 0 Å². The summed E-state index contributed by atoms with van der Waals surface area (Å²) in [5.74, 6) is -0.636. The molecule has 1 fully saturated rings. The molecule has 1 amide bonds. The van der Waals surface area contributed by atoms with Crippen molar-refractivity contribution >= 4 is 16.9 Å². The van der Waals surface area contributed by atoms with Gasteiger partial charge in [0.1, 0.15) is 11.4 Å². The lowest BCUT2D eigenvalue weighted by molar-refractivity contribution is 0.0486. The first-order valence-corrected chi connectivity index (χ1v) is 9.37. The van der Waals surface area contributed by atoms with E-state index in [4.69, 9.17) is 9.15 Å². The quantitative estimate of drug-likeness (QED) is 0.697. The minimum atomic E-state index is -0.617. The fourth-order valence-electron chi connectivity index (χ4n) is 4.15. The van der Waals surface area contributed by atoms with Crippen LogP contribution in [0.2, 0.25) is 0 Å². The highest BCUT2D eigenvalue weighted by Gasteiger charge is 2.43. The standard InChI is InChI=1S/C22H18FNO4/c23-14-9-7-13(8-10-14)19-18-20(25)16-5-1-2-6-17(16)28-21(18)22(26)24(19)12-15-4-3-11-27-15/h1-2,5-10,15,19H,3-4,11-12H2/t15-,19+/m0/s1. The molecular formula is C22H18FNO4. The lowest BCUT2D eigenvalue weighted by Crippen LogP contribution is -2.36. The fraction of sp³-hybridized carbons (Fsp3) is 0.273. The molecule has 6 heteroatoms. The van der Waals surface area contributed by atoms with Gasteiger partial charge < -0.3 is 14.1 Å². The number of hydrogen-bond donors (Lipinski definition) is 0. The molecule has 0 spiro atoms. The zero-order valence-corrected chi connectivity index (χ0v) is 15.1. The molecule has 3 aromatic rings. The van der Waals surface area contributed by atoms with Crippen LogP contribution in [0, 0.1) is 5.82 Å². The summed E-state index contributed by atoms with van der Waals surface area (Å²) in [4.78, 5) is 28.1. The molecule has 2 aliphatic heterocycles. The summed E-state index contributed by atoms with van der Waals surface area (Å²) < 4.78 is 25.0. The Morgan fingerprint density at radius 3 is 2.61 bits per heavy atom. The maximum absolute atomic E-state index is 13.5. The molecule has 142 valence electrons. The normalized spacial score (nSPS) is 21.5. The van der Waals surface area contributed by atoms with Crippen LogP contribution in [0.1, 0.15) is 40.6 Å². The molecule has 2 atom stereocenters. The number of halogens is 1. The van der Waals surface area contributed by atoms with Crippen molar-refractivity contribution in [2.24, 2.45) is 0 Å². The largest absolute Gasteiger partial charge is 0.450 e. The minimum Gasteiger partial charge on any atom is -0.450 e. The van der Waals surface area contributed by atoms with Crippen molar-refractivity contribution in [3.63, 3.8) is 0 Å². The lowest BCUT2D eigenvalue weighted by Gasteiger charge is -2.27. The molecule has 2 aromatic carbocycles. The van der Waals surface area contributed by atoms with E-state index >= 15 is 0 Å². The van der Waals surface area contributed by atoms with Gasteiger partial charge in [-0.25, -0.2) is 4.39 Å². The Kier molecular flexibility index (Phi) is 4.02. The number of ether oxygens (including phenoxy) is 1. The molecule has 0 saturated carbocycles. The van der Waals surface area contributed by atoms with Crippen molar-refractivity contribution < 1.29 is 18.3 Å². The summed E-state index contributed by atoms with van der Waals surface area (Å²) in [6.07, 6.45) is 1.73. The van der Waals surface area contributed by atoms with E-state index in [1.807, 2.05) is 0 Å². The minimum absolute atomic E-state index is 0.0658. The predicted octanol–water partition coefficient (Wildman–Crippen LogP) is 3.66. The van der Waals surface area contributed by atoms with Gasteiger partial charge in [-0.2, -0.15) is 0 Å². The van der Waals surface area contributed by atoms with Crippen LogP contribution in [0.15, 0.2) is 57.7 Å². The van der Waals surface area contributed by atoms with E-state index in [1.165, 1.54) is 12.1 Å². The molecule has 1 aromatic heterocycles. The smallest absolute Gasteiger partial charge is 0.291 e. The zero-order valence-electron chi connectivity index (χ0n) is 15.1. The van der Waals surface area contributed by atoms with Crippen molar-refractivity contribution in [3.8, 4) is 0 Å². The third-order valence-corrected chi connectivity index (χ3v) is 5.48. The van der Waals surface area contributed by atoms with E-state index in [-0.39, 0.29) is 29.0 Å². The Hall–Kier alpha value is -2.99. The van der Waals surface area contributed by atoms with E-state index in [2.05, 4.69) is 0 Å². The van der Waals surface area contributed by atoms with Crippen LogP contribution in [0.3, 0.4) is 0 Å². The van der Waals surface area contributed by atoms with E-state index in [9.17, 15) is 14.0 Å². The zero-order chi connectivity index (χ0) is 19.3. The molecule has 0 aliphatic carbocycles. The molecule has 3 heterocycles. The summed E-state index contributed by atoms with van der Waals surface area (Å²) in [5, 5.41) is 0.431. The van der Waals surface area contributed by atoms with E-state index in [0.29, 0.717) is 35.2 Å². The van der Waals surface area contributed by atoms with Crippen molar-refractivity contribution in [1.29, 1.82) is 0 Å². The number of rotatable bonds is 3. The van der Waals surface area contributed by atoms with E-state index in [1.54, 1.807) is 41.3 Å². The molecular weight excluding hydrogens is 361 g/mol. The van der Waals surface area contributed by atoms with Crippen LogP contribution in [-0.2, 0) is 4.74 Å². The van der Waals surface area contributed by atoms with Gasteiger partial charge in [-0.15, -0.1) is 0 Å². The first kappa shape index (κ1) is 17.1. The molecule has 0 N–H and O–H groups in total. The van der Waals surface area contributed by atoms with Crippen LogP contribution in [0.5, 0.6) is 0 Å². The van der Waals surface area contributed by atoms with Crippen molar-refractivity contribution in [2.75, 3.05) is 13.2 Å². The van der Waals surface area contributed by atoms with Crippen LogP contribution in [0.25, 0.3) is 11.0 Å². The number of hydrogen-bond acceptors (Lipinski definition) is 4. The first-order chi connectivity index (χ1) is 13.6. The number of carbonyl (C=O) groups is 1. The lowest BCUT2D eigenvalue weighted by atomic mass is 9.98. The van der Waals surface area contributed by atoms with Crippen LogP contribution < -0.4 is 5.43 Å². The molecule has 5 nitrogen and oxygen atoms in total. The van der Waals surface area contributed by atoms with Gasteiger partial charge in [0, 0.05) is 13.2 Å². The van der Waals surface area contributed by atoms with Gasteiger partial charge in [-0.1, -0.05) is 24.3 Å². The molecule has 5 rings (SSSR count). The van der Waals surface area contributed by atoms with Gasteiger partial charge >= 0.3 is 0 Å². The van der Waals surface area contributed by atoms with Crippen molar-refractivity contribution in [3.05, 3.63) is 81.5 Å². The Balaban J connectivity index is 1.70. The van der Waals surface area contributed by atoms with Gasteiger partial charge in [0.25, 0.3) is 5.91 Å². The second kappa shape index (κ2) is 6.56. The number of benzene rings is 2. The summed E-state index contributed by atoms with van der Waals surface area (Å²) in [6.45, 7) is 1.03. The number of para-hydroxylation sites is 1. The van der Waals surface area contributed by atoms with Gasteiger partial charge in [-0.3, -0.25) is 9.59 Å². The highest BCUT2D eigenvalue weighted by molar-refractivity contribution is 5.99. The monoisotopic (exact) mass is 379 g/mol. The first-order valence-electron chi connectivity index (χ1n) is 9.37. The maximum Gasteiger partial charge on any atom is 0.291 e. The second-order valence-electron chi connectivity index (χ2n) is 7.22. The maximum atomic E-state index is 13.5. The third-order valence-electron chi connectivity index (χ3n) is 5.48. The summed E-state index contributed by atoms with van der Waals surface area (Å²) >= 11 is 0. The van der Waals surface area contributed by atoms with Crippen LogP contribution in [0.4, 0.5) is 4.39 Å². The Morgan fingerprint density at radius 1 is 1.07 bits per heavy atom. The summed E-state index contributed by atoms with van der Waals surface area (Å²) in [5.41, 5.74) is 1.15. The Labute approximate surface area is 160 Å². The van der Waals surface area contributed by atoms with Crippen LogP contribution in [-0.4, -0.2) is 30.1 Å². The molecule has 0 bridgehead atoms. The predicted molar refractivity (Wildman–Crippen MR) is 101 cm³/mol. The number of carbonyl (C=O) groups excluding carboxylic acids is 1. The van der Waals surface area contributed by atoms with Crippen molar-refractivity contribution in [2.45, 2.75) is 25.0 Å². The molecule has 1 saturated heterocycles. The number of amides is 1. The topological polar surface area (TPSA) is 59.8 Å². The van der Waals surface area contributed by atoms with Gasteiger partial charge in [0.2, 0.25) is 5.76 Å². The number of fused-ring (bicyclic) bond motifs is 2. The third kappa shape index (κ3) is 2.64. The summed E-state index contributed by atoms with van der Waals surface area (Å²) in [6, 6.07) is 12.2. The Morgan fingerprint density at radius 2 is 1.86 bits per heavy atom. The average Bonchev–Trinajstić information content (AvgIpc) is 3.31.